The molecule has 0 aliphatic carbocycles. The lowest BCUT2D eigenvalue weighted by molar-refractivity contribution is -0.134. The largest absolute Gasteiger partial charge is 0.452 e. The van der Waals surface area contributed by atoms with Crippen LogP contribution < -0.4 is 4.90 Å². The zero-order chi connectivity index (χ0) is 18.5. The third-order valence-electron chi connectivity index (χ3n) is 4.24. The van der Waals surface area contributed by atoms with Gasteiger partial charge < -0.3 is 14.5 Å². The minimum atomic E-state index is -0.492. The number of anilines is 1. The van der Waals surface area contributed by atoms with Crippen molar-refractivity contribution in [3.8, 4) is 0 Å². The van der Waals surface area contributed by atoms with Gasteiger partial charge in [0, 0.05) is 35.4 Å². The average molecular weight is 468 g/mol. The van der Waals surface area contributed by atoms with Crippen LogP contribution in [-0.4, -0.2) is 49.6 Å². The van der Waals surface area contributed by atoms with Crippen molar-refractivity contribution in [2.24, 2.45) is 0 Å². The number of hydrogen-bond acceptors (Lipinski definition) is 4. The molecule has 0 radical (unpaired) electrons. The second-order valence-electron chi connectivity index (χ2n) is 5.90. The minimum absolute atomic E-state index is 0.206. The van der Waals surface area contributed by atoms with Crippen LogP contribution in [-0.2, 0) is 9.53 Å². The monoisotopic (exact) mass is 468 g/mol. The number of ether oxygens (including phenoxy) is 1. The summed E-state index contributed by atoms with van der Waals surface area (Å²) in [6.45, 7) is 2.12. The molecule has 3 rings (SSSR count). The maximum absolute atomic E-state index is 13.0. The zero-order valence-electron chi connectivity index (χ0n) is 14.0. The van der Waals surface area contributed by atoms with Crippen molar-refractivity contribution in [3.63, 3.8) is 0 Å². The van der Waals surface area contributed by atoms with E-state index < -0.39 is 5.97 Å². The van der Waals surface area contributed by atoms with Crippen LogP contribution >= 0.6 is 22.6 Å². The maximum Gasteiger partial charge on any atom is 0.339 e. The van der Waals surface area contributed by atoms with Gasteiger partial charge in [0.2, 0.25) is 0 Å². The summed E-state index contributed by atoms with van der Waals surface area (Å²) in [4.78, 5) is 28.1. The topological polar surface area (TPSA) is 49.9 Å². The summed E-state index contributed by atoms with van der Waals surface area (Å²) < 4.78 is 19.0. The molecule has 5 nitrogen and oxygen atoms in total. The van der Waals surface area contributed by atoms with Crippen molar-refractivity contribution < 1.29 is 18.7 Å². The Morgan fingerprint density at radius 3 is 2.31 bits per heavy atom. The molecule has 1 saturated heterocycles. The summed E-state index contributed by atoms with van der Waals surface area (Å²) in [7, 11) is 0. The second kappa shape index (κ2) is 8.48. The highest BCUT2D eigenvalue weighted by Gasteiger charge is 2.22. The van der Waals surface area contributed by atoms with Gasteiger partial charge in [-0.1, -0.05) is 12.1 Å². The predicted octanol–water partition coefficient (Wildman–Crippen LogP) is 2.94. The first-order valence-corrected chi connectivity index (χ1v) is 9.32. The van der Waals surface area contributed by atoms with Crippen LogP contribution in [0.5, 0.6) is 0 Å². The van der Waals surface area contributed by atoms with Crippen molar-refractivity contribution in [1.82, 2.24) is 4.90 Å². The normalized spacial score (nSPS) is 14.2. The Hall–Kier alpha value is -2.16. The van der Waals surface area contributed by atoms with E-state index in [4.69, 9.17) is 4.74 Å². The first-order chi connectivity index (χ1) is 12.5. The lowest BCUT2D eigenvalue weighted by Crippen LogP contribution is -2.49. The standard InChI is InChI=1S/C19H18FIN2O3/c20-14-5-7-15(8-6-14)22-9-11-23(12-10-22)18(24)13-26-19(25)16-3-1-2-4-17(16)21/h1-8H,9-13H2. The number of piperazine rings is 1. The summed E-state index contributed by atoms with van der Waals surface area (Å²) in [6, 6.07) is 13.4. The first-order valence-electron chi connectivity index (χ1n) is 8.24. The average Bonchev–Trinajstić information content (AvgIpc) is 2.67. The van der Waals surface area contributed by atoms with Crippen molar-refractivity contribution in [2.45, 2.75) is 0 Å². The summed E-state index contributed by atoms with van der Waals surface area (Å²) >= 11 is 2.06. The van der Waals surface area contributed by atoms with E-state index in [0.29, 0.717) is 31.7 Å². The Balaban J connectivity index is 1.48. The number of carbonyl (C=O) groups is 2. The Kier molecular flexibility index (Phi) is 6.08. The molecule has 0 atom stereocenters. The molecule has 7 heteroatoms. The van der Waals surface area contributed by atoms with Crippen LogP contribution in [0.2, 0.25) is 0 Å². The van der Waals surface area contributed by atoms with Crippen LogP contribution in [0, 0.1) is 9.39 Å². The summed E-state index contributed by atoms with van der Waals surface area (Å²) in [5.74, 6) is -0.964. The van der Waals surface area contributed by atoms with E-state index in [9.17, 15) is 14.0 Å². The Labute approximate surface area is 164 Å². The summed E-state index contributed by atoms with van der Waals surface area (Å²) in [5, 5.41) is 0. The fourth-order valence-electron chi connectivity index (χ4n) is 2.79. The van der Waals surface area contributed by atoms with E-state index in [2.05, 4.69) is 27.5 Å². The summed E-state index contributed by atoms with van der Waals surface area (Å²) in [6.07, 6.45) is 0. The van der Waals surface area contributed by atoms with Gasteiger partial charge in [0.1, 0.15) is 5.82 Å². The van der Waals surface area contributed by atoms with E-state index in [0.717, 1.165) is 9.26 Å². The number of esters is 1. The van der Waals surface area contributed by atoms with Gasteiger partial charge in [-0.2, -0.15) is 0 Å². The minimum Gasteiger partial charge on any atom is -0.452 e. The van der Waals surface area contributed by atoms with Gasteiger partial charge in [-0.3, -0.25) is 4.79 Å². The molecule has 1 aliphatic heterocycles. The molecule has 1 aliphatic rings. The molecule has 1 amide bonds. The Morgan fingerprint density at radius 2 is 1.65 bits per heavy atom. The van der Waals surface area contributed by atoms with Gasteiger partial charge in [0.15, 0.2) is 6.61 Å². The first kappa shape index (κ1) is 18.6. The highest BCUT2D eigenvalue weighted by atomic mass is 127. The number of rotatable bonds is 4. The number of amides is 1. The smallest absolute Gasteiger partial charge is 0.339 e. The molecule has 0 spiro atoms. The van der Waals surface area contributed by atoms with E-state index >= 15 is 0 Å². The van der Waals surface area contributed by atoms with Crippen LogP contribution in [0.1, 0.15) is 10.4 Å². The number of benzene rings is 2. The van der Waals surface area contributed by atoms with Gasteiger partial charge in [0.25, 0.3) is 5.91 Å². The third-order valence-corrected chi connectivity index (χ3v) is 5.19. The highest BCUT2D eigenvalue weighted by molar-refractivity contribution is 14.1. The maximum atomic E-state index is 13.0. The molecular weight excluding hydrogens is 450 g/mol. The van der Waals surface area contributed by atoms with Gasteiger partial charge in [-0.05, 0) is 59.0 Å². The summed E-state index contributed by atoms with van der Waals surface area (Å²) in [5.41, 5.74) is 1.39. The fraction of sp³-hybridized carbons (Fsp3) is 0.263. The predicted molar refractivity (Wildman–Crippen MR) is 105 cm³/mol. The van der Waals surface area contributed by atoms with Crippen LogP contribution in [0.15, 0.2) is 48.5 Å². The molecule has 2 aromatic rings. The molecule has 136 valence electrons. The molecule has 1 fully saturated rings. The molecule has 1 heterocycles. The van der Waals surface area contributed by atoms with Gasteiger partial charge in [-0.25, -0.2) is 9.18 Å². The zero-order valence-corrected chi connectivity index (χ0v) is 16.2. The van der Waals surface area contributed by atoms with E-state index in [1.165, 1.54) is 12.1 Å². The SMILES string of the molecule is O=C(OCC(=O)N1CCN(c2ccc(F)cc2)CC1)c1ccccc1I. The lowest BCUT2D eigenvalue weighted by Gasteiger charge is -2.36. The van der Waals surface area contributed by atoms with Crippen molar-refractivity contribution >= 4 is 40.2 Å². The molecule has 0 aromatic heterocycles. The van der Waals surface area contributed by atoms with Gasteiger partial charge in [-0.15, -0.1) is 0 Å². The fourth-order valence-corrected chi connectivity index (χ4v) is 3.40. The molecule has 0 N–H and O–H groups in total. The lowest BCUT2D eigenvalue weighted by atomic mass is 10.2. The number of nitrogens with zero attached hydrogens (tertiary/aromatic N) is 2. The molecule has 0 bridgehead atoms. The molecule has 0 unspecified atom stereocenters. The quantitative estimate of drug-likeness (QED) is 0.512. The molecule has 26 heavy (non-hydrogen) atoms. The van der Waals surface area contributed by atoms with E-state index in [-0.39, 0.29) is 18.3 Å². The van der Waals surface area contributed by atoms with Crippen LogP contribution in [0.25, 0.3) is 0 Å². The molecule has 0 saturated carbocycles. The van der Waals surface area contributed by atoms with E-state index in [1.807, 2.05) is 12.1 Å². The number of carbonyl (C=O) groups excluding carboxylic acids is 2. The Morgan fingerprint density at radius 1 is 1.00 bits per heavy atom. The van der Waals surface area contributed by atoms with Crippen molar-refractivity contribution in [1.29, 1.82) is 0 Å². The van der Waals surface area contributed by atoms with Crippen molar-refractivity contribution in [3.05, 3.63) is 63.5 Å². The molecule has 2 aromatic carbocycles. The van der Waals surface area contributed by atoms with Crippen LogP contribution in [0.3, 0.4) is 0 Å². The number of halogens is 2. The second-order valence-corrected chi connectivity index (χ2v) is 7.06. The molecular formula is C19H18FIN2O3. The highest BCUT2D eigenvalue weighted by Crippen LogP contribution is 2.17. The van der Waals surface area contributed by atoms with Crippen molar-refractivity contribution in [2.75, 3.05) is 37.7 Å². The van der Waals surface area contributed by atoms with Gasteiger partial charge >= 0.3 is 5.97 Å². The third kappa shape index (κ3) is 4.51. The van der Waals surface area contributed by atoms with Gasteiger partial charge in [0.05, 0.1) is 5.56 Å². The Bertz CT molecular complexity index is 790. The van der Waals surface area contributed by atoms with E-state index in [1.54, 1.807) is 29.2 Å². The van der Waals surface area contributed by atoms with Crippen LogP contribution in [0.4, 0.5) is 10.1 Å². The number of hydrogen-bond donors (Lipinski definition) is 0.